The van der Waals surface area contributed by atoms with Crippen LogP contribution in [-0.2, 0) is 10.0 Å². The van der Waals surface area contributed by atoms with Gasteiger partial charge in [0.2, 0.25) is 10.0 Å². The lowest BCUT2D eigenvalue weighted by molar-refractivity contribution is 0.384. The third-order valence-corrected chi connectivity index (χ3v) is 6.52. The second-order valence-corrected chi connectivity index (χ2v) is 7.59. The summed E-state index contributed by atoms with van der Waals surface area (Å²) in [6.07, 6.45) is 1.74. The first-order valence-corrected chi connectivity index (χ1v) is 8.87. The zero-order valence-electron chi connectivity index (χ0n) is 11.4. The van der Waals surface area contributed by atoms with Gasteiger partial charge in [0.1, 0.15) is 10.6 Å². The average molecular weight is 312 g/mol. The molecule has 0 saturated carbocycles. The molecule has 20 heavy (non-hydrogen) atoms. The van der Waals surface area contributed by atoms with E-state index in [0.717, 1.165) is 18.4 Å². The number of rotatable bonds is 3. The van der Waals surface area contributed by atoms with Crippen LogP contribution in [0.5, 0.6) is 0 Å². The lowest BCUT2D eigenvalue weighted by atomic mass is 10.1. The summed E-state index contributed by atoms with van der Waals surface area (Å²) in [7, 11) is -3.55. The maximum atomic E-state index is 12.9. The van der Waals surface area contributed by atoms with Crippen LogP contribution in [0.25, 0.3) is 0 Å². The zero-order valence-corrected chi connectivity index (χ0v) is 13.0. The Morgan fingerprint density at radius 2 is 2.25 bits per heavy atom. The third kappa shape index (κ3) is 2.10. The van der Waals surface area contributed by atoms with E-state index < -0.39 is 10.0 Å². The van der Waals surface area contributed by atoms with E-state index in [0.29, 0.717) is 18.0 Å². The largest absolute Gasteiger partial charge is 0.360 e. The Morgan fingerprint density at radius 3 is 2.85 bits per heavy atom. The first-order chi connectivity index (χ1) is 9.51. The molecule has 1 aliphatic heterocycles. The maximum absolute atomic E-state index is 12.9. The SMILES string of the molecule is Cc1noc(C)c1S(=O)(=O)N1CCCC1c1ccsc1. The monoisotopic (exact) mass is 312 g/mol. The Bertz CT molecular complexity index is 685. The number of hydrogen-bond acceptors (Lipinski definition) is 5. The molecule has 0 spiro atoms. The molecule has 0 bridgehead atoms. The van der Waals surface area contributed by atoms with Gasteiger partial charge in [-0.25, -0.2) is 8.42 Å². The van der Waals surface area contributed by atoms with Gasteiger partial charge in [0.25, 0.3) is 0 Å². The van der Waals surface area contributed by atoms with Crippen molar-refractivity contribution in [2.45, 2.75) is 37.6 Å². The van der Waals surface area contributed by atoms with Crippen molar-refractivity contribution in [3.63, 3.8) is 0 Å². The van der Waals surface area contributed by atoms with Crippen LogP contribution in [0, 0.1) is 13.8 Å². The van der Waals surface area contributed by atoms with Crippen LogP contribution in [0.4, 0.5) is 0 Å². The van der Waals surface area contributed by atoms with Crippen molar-refractivity contribution in [1.82, 2.24) is 9.46 Å². The van der Waals surface area contributed by atoms with E-state index in [1.807, 2.05) is 16.8 Å². The van der Waals surface area contributed by atoms with Gasteiger partial charge in [0, 0.05) is 6.54 Å². The second-order valence-electron chi connectivity index (χ2n) is 4.98. The van der Waals surface area contributed by atoms with Crippen molar-refractivity contribution >= 4 is 21.4 Å². The summed E-state index contributed by atoms with van der Waals surface area (Å²) in [5, 5.41) is 7.76. The number of aromatic nitrogens is 1. The molecule has 1 unspecified atom stereocenters. The standard InChI is InChI=1S/C13H16N2O3S2/c1-9-13(10(2)18-14-9)20(16,17)15-6-3-4-12(15)11-5-7-19-8-11/h5,7-8,12H,3-4,6H2,1-2H3. The smallest absolute Gasteiger partial charge is 0.249 e. The van der Waals surface area contributed by atoms with E-state index in [9.17, 15) is 8.42 Å². The number of aryl methyl sites for hydroxylation is 2. The summed E-state index contributed by atoms with van der Waals surface area (Å²) in [6, 6.07) is 1.93. The van der Waals surface area contributed by atoms with Crippen LogP contribution < -0.4 is 0 Å². The Morgan fingerprint density at radius 1 is 1.45 bits per heavy atom. The Labute approximate surface area is 122 Å². The fraction of sp³-hybridized carbons (Fsp3) is 0.462. The fourth-order valence-electron chi connectivity index (χ4n) is 2.79. The molecule has 7 heteroatoms. The van der Waals surface area contributed by atoms with Crippen LogP contribution in [-0.4, -0.2) is 24.4 Å². The minimum absolute atomic E-state index is 0.0695. The molecule has 108 valence electrons. The molecule has 0 aliphatic carbocycles. The van der Waals surface area contributed by atoms with Gasteiger partial charge in [0.05, 0.1) is 6.04 Å². The summed E-state index contributed by atoms with van der Waals surface area (Å²) in [4.78, 5) is 0.222. The minimum Gasteiger partial charge on any atom is -0.360 e. The lowest BCUT2D eigenvalue weighted by Crippen LogP contribution is -2.31. The fourth-order valence-corrected chi connectivity index (χ4v) is 5.47. The van der Waals surface area contributed by atoms with Gasteiger partial charge >= 0.3 is 0 Å². The van der Waals surface area contributed by atoms with E-state index in [-0.39, 0.29) is 10.9 Å². The third-order valence-electron chi connectivity index (χ3n) is 3.67. The van der Waals surface area contributed by atoms with E-state index >= 15 is 0 Å². The molecule has 2 aromatic rings. The molecule has 1 saturated heterocycles. The molecule has 2 aromatic heterocycles. The first kappa shape index (κ1) is 13.8. The van der Waals surface area contributed by atoms with Gasteiger partial charge in [-0.15, -0.1) is 0 Å². The van der Waals surface area contributed by atoms with Crippen molar-refractivity contribution in [2.24, 2.45) is 0 Å². The maximum Gasteiger partial charge on any atom is 0.249 e. The van der Waals surface area contributed by atoms with Gasteiger partial charge in [-0.1, -0.05) is 5.16 Å². The second kappa shape index (κ2) is 4.98. The summed E-state index contributed by atoms with van der Waals surface area (Å²) < 4.78 is 32.3. The van der Waals surface area contributed by atoms with Crippen molar-refractivity contribution in [3.05, 3.63) is 33.8 Å². The molecule has 1 fully saturated rings. The van der Waals surface area contributed by atoms with Crippen molar-refractivity contribution in [2.75, 3.05) is 6.54 Å². The molecule has 3 heterocycles. The van der Waals surface area contributed by atoms with Gasteiger partial charge in [-0.05, 0) is 49.1 Å². The van der Waals surface area contributed by atoms with Crippen molar-refractivity contribution in [1.29, 1.82) is 0 Å². The van der Waals surface area contributed by atoms with Crippen LogP contribution in [0.15, 0.2) is 26.2 Å². The highest BCUT2D eigenvalue weighted by molar-refractivity contribution is 7.89. The van der Waals surface area contributed by atoms with Gasteiger partial charge < -0.3 is 4.52 Å². The number of nitrogens with zero attached hydrogens (tertiary/aromatic N) is 2. The van der Waals surface area contributed by atoms with E-state index in [2.05, 4.69) is 5.16 Å². The number of hydrogen-bond donors (Lipinski definition) is 0. The molecular formula is C13H16N2O3S2. The predicted molar refractivity (Wildman–Crippen MR) is 76.2 cm³/mol. The summed E-state index contributed by atoms with van der Waals surface area (Å²) in [6.45, 7) is 3.86. The van der Waals surface area contributed by atoms with Crippen molar-refractivity contribution in [3.8, 4) is 0 Å². The van der Waals surface area contributed by atoms with E-state index in [1.165, 1.54) is 0 Å². The average Bonchev–Trinajstić information content (AvgIpc) is 3.08. The highest BCUT2D eigenvalue weighted by Gasteiger charge is 2.39. The van der Waals surface area contributed by atoms with Gasteiger partial charge in [-0.3, -0.25) is 0 Å². The Hall–Kier alpha value is -1.18. The Kier molecular flexibility index (Phi) is 3.43. The van der Waals surface area contributed by atoms with Crippen molar-refractivity contribution < 1.29 is 12.9 Å². The van der Waals surface area contributed by atoms with E-state index in [4.69, 9.17) is 4.52 Å². The summed E-state index contributed by atoms with van der Waals surface area (Å²) >= 11 is 1.59. The Balaban J connectivity index is 2.03. The summed E-state index contributed by atoms with van der Waals surface area (Å²) in [5.74, 6) is 0.360. The van der Waals surface area contributed by atoms with Crippen LogP contribution in [0.3, 0.4) is 0 Å². The molecule has 0 aromatic carbocycles. The van der Waals surface area contributed by atoms with Gasteiger partial charge in [-0.2, -0.15) is 15.6 Å². The van der Waals surface area contributed by atoms with Crippen LogP contribution >= 0.6 is 11.3 Å². The topological polar surface area (TPSA) is 63.4 Å². The molecule has 3 rings (SSSR count). The van der Waals surface area contributed by atoms with E-state index in [1.54, 1.807) is 29.5 Å². The highest BCUT2D eigenvalue weighted by atomic mass is 32.2. The minimum atomic E-state index is -3.55. The highest BCUT2D eigenvalue weighted by Crippen LogP contribution is 2.38. The molecule has 1 atom stereocenters. The molecular weight excluding hydrogens is 296 g/mol. The quantitative estimate of drug-likeness (QED) is 0.874. The van der Waals surface area contributed by atoms with Gasteiger partial charge in [0.15, 0.2) is 5.76 Å². The predicted octanol–water partition coefficient (Wildman–Crippen LogP) is 2.88. The molecule has 0 radical (unpaired) electrons. The lowest BCUT2D eigenvalue weighted by Gasteiger charge is -2.23. The number of thiophene rings is 1. The molecule has 5 nitrogen and oxygen atoms in total. The normalized spacial score (nSPS) is 20.6. The number of sulfonamides is 1. The molecule has 0 N–H and O–H groups in total. The first-order valence-electron chi connectivity index (χ1n) is 6.48. The van der Waals surface area contributed by atoms with Crippen LogP contribution in [0.2, 0.25) is 0 Å². The summed E-state index contributed by atoms with van der Waals surface area (Å²) in [5.41, 5.74) is 1.50. The molecule has 1 aliphatic rings. The zero-order chi connectivity index (χ0) is 14.3. The molecule has 0 amide bonds. The van der Waals surface area contributed by atoms with Crippen LogP contribution in [0.1, 0.15) is 35.9 Å².